The zero-order valence-electron chi connectivity index (χ0n) is 16.0. The van der Waals surface area contributed by atoms with Gasteiger partial charge in [-0.15, -0.1) is 11.8 Å². The van der Waals surface area contributed by atoms with Gasteiger partial charge in [0.15, 0.2) is 5.78 Å². The molecule has 0 aliphatic rings. The molecule has 146 valence electrons. The number of hydrogen-bond acceptors (Lipinski definition) is 6. The minimum absolute atomic E-state index is 0.0463. The maximum Gasteiger partial charge on any atom is 0.330 e. The number of Topliss-reactive ketones (excluding diaryl/α,β-unsaturated/α-hetero) is 1. The number of ketones is 1. The van der Waals surface area contributed by atoms with E-state index in [2.05, 4.69) is 25.8 Å². The maximum atomic E-state index is 12.6. The number of carbonyl (C=O) groups excluding carboxylic acids is 1. The minimum Gasteiger partial charge on any atom is -0.384 e. The van der Waals surface area contributed by atoms with Crippen molar-refractivity contribution in [3.05, 3.63) is 56.2 Å². The lowest BCUT2D eigenvalue weighted by Gasteiger charge is -2.19. The molecule has 0 fully saturated rings. The SMILES string of the molecule is COCCn1c(N)c(C(=O)CSc2ccc(C(C)(C)C)cc2)c(=O)[nH]c1=O. The van der Waals surface area contributed by atoms with Crippen LogP contribution < -0.4 is 17.0 Å². The zero-order chi connectivity index (χ0) is 20.2. The number of nitrogens with zero attached hydrogens (tertiary/aromatic N) is 1. The Morgan fingerprint density at radius 1 is 1.22 bits per heavy atom. The van der Waals surface area contributed by atoms with Crippen molar-refractivity contribution in [2.24, 2.45) is 0 Å². The van der Waals surface area contributed by atoms with Crippen molar-refractivity contribution in [2.75, 3.05) is 25.2 Å². The third kappa shape index (κ3) is 5.11. The average molecular weight is 391 g/mol. The van der Waals surface area contributed by atoms with Gasteiger partial charge in [-0.05, 0) is 23.1 Å². The molecule has 0 amide bonds. The first kappa shape index (κ1) is 21.0. The lowest BCUT2D eigenvalue weighted by molar-refractivity contribution is 0.102. The standard InChI is InChI=1S/C19H25N3O4S/c1-19(2,3)12-5-7-13(8-6-12)27-11-14(23)15-16(20)22(9-10-26-4)18(25)21-17(15)24/h5-8H,9-11,20H2,1-4H3,(H,21,24,25). The average Bonchev–Trinajstić information content (AvgIpc) is 2.59. The van der Waals surface area contributed by atoms with Crippen LogP contribution in [0.5, 0.6) is 0 Å². The van der Waals surface area contributed by atoms with E-state index in [1.54, 1.807) is 0 Å². The molecule has 0 aliphatic heterocycles. The first-order chi connectivity index (χ1) is 12.6. The Balaban J connectivity index is 2.18. The summed E-state index contributed by atoms with van der Waals surface area (Å²) in [5.74, 6) is -0.510. The van der Waals surface area contributed by atoms with Crippen molar-refractivity contribution in [1.82, 2.24) is 9.55 Å². The Labute approximate surface area is 161 Å². The van der Waals surface area contributed by atoms with Crippen LogP contribution in [0.25, 0.3) is 0 Å². The van der Waals surface area contributed by atoms with Crippen molar-refractivity contribution in [3.63, 3.8) is 0 Å². The van der Waals surface area contributed by atoms with Crippen molar-refractivity contribution < 1.29 is 9.53 Å². The molecule has 0 spiro atoms. The van der Waals surface area contributed by atoms with Gasteiger partial charge in [-0.3, -0.25) is 19.1 Å². The van der Waals surface area contributed by atoms with Gasteiger partial charge in [-0.25, -0.2) is 4.79 Å². The van der Waals surface area contributed by atoms with E-state index in [1.165, 1.54) is 24.4 Å². The summed E-state index contributed by atoms with van der Waals surface area (Å²) >= 11 is 1.32. The lowest BCUT2D eigenvalue weighted by atomic mass is 9.87. The topological polar surface area (TPSA) is 107 Å². The van der Waals surface area contributed by atoms with Gasteiger partial charge < -0.3 is 10.5 Å². The van der Waals surface area contributed by atoms with Gasteiger partial charge in [0.2, 0.25) is 0 Å². The quantitative estimate of drug-likeness (QED) is 0.552. The van der Waals surface area contributed by atoms with Crippen LogP contribution in [0.15, 0.2) is 38.8 Å². The Hall–Kier alpha value is -2.32. The summed E-state index contributed by atoms with van der Waals surface area (Å²) in [6, 6.07) is 7.95. The van der Waals surface area contributed by atoms with E-state index in [1.807, 2.05) is 24.3 Å². The number of nitrogens with two attached hydrogens (primary N) is 1. The van der Waals surface area contributed by atoms with E-state index in [-0.39, 0.29) is 35.7 Å². The van der Waals surface area contributed by atoms with Crippen molar-refractivity contribution in [1.29, 1.82) is 0 Å². The summed E-state index contributed by atoms with van der Waals surface area (Å²) in [6.45, 7) is 6.78. The molecule has 0 radical (unpaired) electrons. The molecule has 0 atom stereocenters. The number of carbonyl (C=O) groups is 1. The number of aromatic nitrogens is 2. The summed E-state index contributed by atoms with van der Waals surface area (Å²) in [5, 5.41) is 0. The van der Waals surface area contributed by atoms with Crippen LogP contribution in [0.2, 0.25) is 0 Å². The highest BCUT2D eigenvalue weighted by Gasteiger charge is 2.19. The molecule has 0 unspecified atom stereocenters. The number of rotatable bonds is 7. The normalized spacial score (nSPS) is 11.6. The number of benzene rings is 1. The minimum atomic E-state index is -0.764. The summed E-state index contributed by atoms with van der Waals surface area (Å²) in [6.07, 6.45) is 0. The number of H-pyrrole nitrogens is 1. The highest BCUT2D eigenvalue weighted by atomic mass is 32.2. The monoisotopic (exact) mass is 391 g/mol. The molecule has 1 aromatic carbocycles. The van der Waals surface area contributed by atoms with Gasteiger partial charge >= 0.3 is 5.69 Å². The molecule has 7 nitrogen and oxygen atoms in total. The number of aromatic amines is 1. The Bertz CT molecular complexity index is 924. The predicted molar refractivity (Wildman–Crippen MR) is 108 cm³/mol. The van der Waals surface area contributed by atoms with Crippen LogP contribution in [0.3, 0.4) is 0 Å². The van der Waals surface area contributed by atoms with E-state index in [4.69, 9.17) is 10.5 Å². The smallest absolute Gasteiger partial charge is 0.330 e. The van der Waals surface area contributed by atoms with Crippen LogP contribution in [0.1, 0.15) is 36.7 Å². The van der Waals surface area contributed by atoms with Crippen LogP contribution in [0, 0.1) is 0 Å². The van der Waals surface area contributed by atoms with Crippen LogP contribution >= 0.6 is 11.8 Å². The highest BCUT2D eigenvalue weighted by molar-refractivity contribution is 8.00. The first-order valence-corrected chi connectivity index (χ1v) is 9.51. The van der Waals surface area contributed by atoms with Gasteiger partial charge in [0.05, 0.1) is 18.9 Å². The van der Waals surface area contributed by atoms with E-state index in [0.29, 0.717) is 0 Å². The molecule has 8 heteroatoms. The molecule has 0 bridgehead atoms. The van der Waals surface area contributed by atoms with Gasteiger partial charge in [0.1, 0.15) is 11.4 Å². The molecule has 1 aromatic heterocycles. The number of methoxy groups -OCH3 is 1. The van der Waals surface area contributed by atoms with E-state index < -0.39 is 17.0 Å². The molecule has 0 saturated heterocycles. The largest absolute Gasteiger partial charge is 0.384 e. The summed E-state index contributed by atoms with van der Waals surface area (Å²) in [5.41, 5.74) is 5.56. The van der Waals surface area contributed by atoms with Crippen LogP contribution in [0.4, 0.5) is 5.82 Å². The third-order valence-electron chi connectivity index (χ3n) is 4.13. The summed E-state index contributed by atoms with van der Waals surface area (Å²) < 4.78 is 6.07. The molecule has 1 heterocycles. The highest BCUT2D eigenvalue weighted by Crippen LogP contribution is 2.26. The fourth-order valence-corrected chi connectivity index (χ4v) is 3.30. The number of nitrogen functional groups attached to an aromatic ring is 1. The number of hydrogen-bond donors (Lipinski definition) is 2. The fraction of sp³-hybridized carbons (Fsp3) is 0.421. The van der Waals surface area contributed by atoms with E-state index >= 15 is 0 Å². The number of anilines is 1. The second kappa shape index (κ2) is 8.58. The molecule has 2 rings (SSSR count). The van der Waals surface area contributed by atoms with Gasteiger partial charge in [0.25, 0.3) is 5.56 Å². The first-order valence-electron chi connectivity index (χ1n) is 8.53. The maximum absolute atomic E-state index is 12.6. The van der Waals surface area contributed by atoms with Gasteiger partial charge in [-0.2, -0.15) is 0 Å². The van der Waals surface area contributed by atoms with Crippen molar-refractivity contribution in [3.8, 4) is 0 Å². The number of ether oxygens (including phenoxy) is 1. The summed E-state index contributed by atoms with van der Waals surface area (Å²) in [7, 11) is 1.49. The van der Waals surface area contributed by atoms with Crippen LogP contribution in [-0.2, 0) is 16.7 Å². The molecule has 3 N–H and O–H groups in total. The third-order valence-corrected chi connectivity index (χ3v) is 5.14. The zero-order valence-corrected chi connectivity index (χ0v) is 16.8. The van der Waals surface area contributed by atoms with Gasteiger partial charge in [-0.1, -0.05) is 32.9 Å². The lowest BCUT2D eigenvalue weighted by Crippen LogP contribution is -2.37. The second-order valence-corrected chi connectivity index (χ2v) is 8.20. The molecular formula is C19H25N3O4S. The van der Waals surface area contributed by atoms with E-state index in [0.717, 1.165) is 9.46 Å². The van der Waals surface area contributed by atoms with Crippen LogP contribution in [-0.4, -0.2) is 34.8 Å². The second-order valence-electron chi connectivity index (χ2n) is 7.15. The molecule has 27 heavy (non-hydrogen) atoms. The number of thioether (sulfide) groups is 1. The molecule has 0 aliphatic carbocycles. The van der Waals surface area contributed by atoms with E-state index in [9.17, 15) is 14.4 Å². The fourth-order valence-electron chi connectivity index (χ4n) is 2.53. The molecule has 2 aromatic rings. The summed E-state index contributed by atoms with van der Waals surface area (Å²) in [4.78, 5) is 39.6. The van der Waals surface area contributed by atoms with Gasteiger partial charge in [0, 0.05) is 12.0 Å². The Morgan fingerprint density at radius 2 is 1.85 bits per heavy atom. The Morgan fingerprint density at radius 3 is 2.41 bits per heavy atom. The number of nitrogens with one attached hydrogen (secondary N) is 1. The predicted octanol–water partition coefficient (Wildman–Crippen LogP) is 2.04. The molecule has 0 saturated carbocycles. The Kier molecular flexibility index (Phi) is 6.67. The molecular weight excluding hydrogens is 366 g/mol. The van der Waals surface area contributed by atoms with Crippen molar-refractivity contribution in [2.45, 2.75) is 37.6 Å². The van der Waals surface area contributed by atoms with Crippen molar-refractivity contribution >= 4 is 23.4 Å².